The van der Waals surface area contributed by atoms with Crippen LogP contribution in [0.5, 0.6) is 11.5 Å². The van der Waals surface area contributed by atoms with Gasteiger partial charge in [0, 0.05) is 25.1 Å². The quantitative estimate of drug-likeness (QED) is 0.591. The van der Waals surface area contributed by atoms with Gasteiger partial charge < -0.3 is 14.4 Å². The van der Waals surface area contributed by atoms with Gasteiger partial charge in [-0.25, -0.2) is 4.39 Å². The molecule has 0 N–H and O–H groups in total. The summed E-state index contributed by atoms with van der Waals surface area (Å²) in [4.78, 5) is 14.5. The first-order chi connectivity index (χ1) is 13.1. The SMILES string of the molecule is COc1ccc(OC2CCN(CCCC(=O)c3ccc(F)cc3)CC2)cc1.Cl. The Hall–Kier alpha value is -2.11. The maximum atomic E-state index is 12.9. The summed E-state index contributed by atoms with van der Waals surface area (Å²) >= 11 is 0. The minimum absolute atomic E-state index is 0. The molecule has 1 aliphatic rings. The molecule has 0 unspecified atom stereocenters. The smallest absolute Gasteiger partial charge is 0.162 e. The number of likely N-dealkylation sites (tertiary alicyclic amines) is 1. The third kappa shape index (κ3) is 6.50. The van der Waals surface area contributed by atoms with Crippen molar-refractivity contribution in [3.8, 4) is 11.5 Å². The van der Waals surface area contributed by atoms with E-state index < -0.39 is 0 Å². The van der Waals surface area contributed by atoms with Crippen molar-refractivity contribution in [3.05, 3.63) is 59.9 Å². The molecule has 1 saturated heterocycles. The van der Waals surface area contributed by atoms with E-state index >= 15 is 0 Å². The van der Waals surface area contributed by atoms with Gasteiger partial charge in [0.05, 0.1) is 7.11 Å². The van der Waals surface area contributed by atoms with Crippen molar-refractivity contribution < 1.29 is 18.7 Å². The zero-order valence-electron chi connectivity index (χ0n) is 16.1. The normalized spacial score (nSPS) is 14.9. The lowest BCUT2D eigenvalue weighted by molar-refractivity contribution is 0.0920. The summed E-state index contributed by atoms with van der Waals surface area (Å²) in [7, 11) is 1.65. The molecule has 0 aliphatic carbocycles. The van der Waals surface area contributed by atoms with Crippen molar-refractivity contribution in [3.63, 3.8) is 0 Å². The summed E-state index contributed by atoms with van der Waals surface area (Å²) in [6.45, 7) is 2.86. The molecular weight excluding hydrogens is 381 g/mol. The Morgan fingerprint density at radius 1 is 1.04 bits per heavy atom. The molecule has 0 amide bonds. The maximum Gasteiger partial charge on any atom is 0.162 e. The van der Waals surface area contributed by atoms with E-state index in [1.807, 2.05) is 24.3 Å². The number of methoxy groups -OCH3 is 1. The number of piperidine rings is 1. The van der Waals surface area contributed by atoms with E-state index in [1.54, 1.807) is 19.2 Å². The highest BCUT2D eigenvalue weighted by Gasteiger charge is 2.20. The van der Waals surface area contributed by atoms with Gasteiger partial charge in [-0.3, -0.25) is 4.79 Å². The van der Waals surface area contributed by atoms with Crippen LogP contribution in [0.1, 0.15) is 36.0 Å². The molecule has 1 heterocycles. The van der Waals surface area contributed by atoms with Crippen molar-refractivity contribution in [2.45, 2.75) is 31.8 Å². The van der Waals surface area contributed by atoms with Crippen molar-refractivity contribution in [1.82, 2.24) is 4.90 Å². The number of hydrogen-bond acceptors (Lipinski definition) is 4. The predicted molar refractivity (Wildman–Crippen MR) is 110 cm³/mol. The number of Topliss-reactive ketones (excluding diaryl/α,β-unsaturated/α-hetero) is 1. The number of carbonyl (C=O) groups excluding carboxylic acids is 1. The van der Waals surface area contributed by atoms with Gasteiger partial charge >= 0.3 is 0 Å². The monoisotopic (exact) mass is 407 g/mol. The molecule has 152 valence electrons. The highest BCUT2D eigenvalue weighted by Crippen LogP contribution is 2.22. The molecule has 4 nitrogen and oxygen atoms in total. The van der Waals surface area contributed by atoms with Gasteiger partial charge in [0.1, 0.15) is 23.4 Å². The van der Waals surface area contributed by atoms with Crippen molar-refractivity contribution in [2.24, 2.45) is 0 Å². The highest BCUT2D eigenvalue weighted by molar-refractivity contribution is 5.95. The van der Waals surface area contributed by atoms with E-state index in [-0.39, 0.29) is 30.1 Å². The van der Waals surface area contributed by atoms with Crippen LogP contribution >= 0.6 is 12.4 Å². The minimum Gasteiger partial charge on any atom is -0.497 e. The maximum absolute atomic E-state index is 12.9. The first kappa shape index (κ1) is 22.2. The molecule has 0 saturated carbocycles. The van der Waals surface area contributed by atoms with E-state index in [0.717, 1.165) is 50.4 Å². The Bertz CT molecular complexity index is 728. The molecule has 1 fully saturated rings. The average molecular weight is 408 g/mol. The molecule has 6 heteroatoms. The van der Waals surface area contributed by atoms with Crippen LogP contribution in [0.2, 0.25) is 0 Å². The molecule has 28 heavy (non-hydrogen) atoms. The minimum atomic E-state index is -0.314. The number of halogens is 2. The Balaban J connectivity index is 0.00000280. The number of hydrogen-bond donors (Lipinski definition) is 0. The second-order valence-corrected chi connectivity index (χ2v) is 6.87. The molecule has 3 rings (SSSR count). The largest absolute Gasteiger partial charge is 0.497 e. The van der Waals surface area contributed by atoms with Crippen molar-refractivity contribution in [2.75, 3.05) is 26.7 Å². The number of rotatable bonds is 8. The highest BCUT2D eigenvalue weighted by atomic mass is 35.5. The van der Waals surface area contributed by atoms with Crippen molar-refractivity contribution >= 4 is 18.2 Å². The molecule has 1 aliphatic heterocycles. The molecule has 0 radical (unpaired) electrons. The van der Waals surface area contributed by atoms with Crippen LogP contribution < -0.4 is 9.47 Å². The van der Waals surface area contributed by atoms with Crippen LogP contribution in [-0.2, 0) is 0 Å². The third-order valence-electron chi connectivity index (χ3n) is 4.94. The first-order valence-electron chi connectivity index (χ1n) is 9.46. The van der Waals surface area contributed by atoms with Gasteiger partial charge in [-0.1, -0.05) is 0 Å². The molecule has 2 aromatic rings. The standard InChI is InChI=1S/C22H26FNO3.ClH/c1-26-19-8-10-20(11-9-19)27-21-12-15-24(16-13-21)14-2-3-22(25)17-4-6-18(23)7-5-17;/h4-11,21H,2-3,12-16H2,1H3;1H. The van der Waals surface area contributed by atoms with Crippen LogP contribution in [0.25, 0.3) is 0 Å². The summed E-state index contributed by atoms with van der Waals surface area (Å²) in [6.07, 6.45) is 3.51. The molecule has 2 aromatic carbocycles. The zero-order valence-corrected chi connectivity index (χ0v) is 16.9. The fourth-order valence-electron chi connectivity index (χ4n) is 3.34. The second-order valence-electron chi connectivity index (χ2n) is 6.87. The number of ketones is 1. The Kier molecular flexibility index (Phi) is 8.74. The Labute approximate surface area is 172 Å². The molecule has 0 spiro atoms. The van der Waals surface area contributed by atoms with Gasteiger partial charge in [-0.15, -0.1) is 12.4 Å². The second kappa shape index (κ2) is 11.0. The fourth-order valence-corrected chi connectivity index (χ4v) is 3.34. The van der Waals surface area contributed by atoms with Crippen LogP contribution in [0, 0.1) is 5.82 Å². The molecule has 0 bridgehead atoms. The van der Waals surface area contributed by atoms with E-state index in [2.05, 4.69) is 4.90 Å². The first-order valence-corrected chi connectivity index (χ1v) is 9.46. The molecule has 0 atom stereocenters. The average Bonchev–Trinajstić information content (AvgIpc) is 2.70. The zero-order chi connectivity index (χ0) is 19.1. The van der Waals surface area contributed by atoms with Crippen LogP contribution in [0.15, 0.2) is 48.5 Å². The van der Waals surface area contributed by atoms with E-state index in [1.165, 1.54) is 12.1 Å². The van der Waals surface area contributed by atoms with Crippen LogP contribution in [0.4, 0.5) is 4.39 Å². The lowest BCUT2D eigenvalue weighted by Gasteiger charge is -2.32. The van der Waals surface area contributed by atoms with Crippen LogP contribution in [-0.4, -0.2) is 43.5 Å². The van der Waals surface area contributed by atoms with Gasteiger partial charge in [0.15, 0.2) is 5.78 Å². The Morgan fingerprint density at radius 3 is 2.25 bits per heavy atom. The van der Waals surface area contributed by atoms with Gasteiger partial charge in [0.25, 0.3) is 0 Å². The summed E-state index contributed by atoms with van der Waals surface area (Å²) < 4.78 is 24.1. The lowest BCUT2D eigenvalue weighted by atomic mass is 10.0. The third-order valence-corrected chi connectivity index (χ3v) is 4.94. The summed E-state index contributed by atoms with van der Waals surface area (Å²) in [6, 6.07) is 13.5. The summed E-state index contributed by atoms with van der Waals surface area (Å²) in [5.74, 6) is 1.46. The number of carbonyl (C=O) groups is 1. The summed E-state index contributed by atoms with van der Waals surface area (Å²) in [5.41, 5.74) is 0.586. The van der Waals surface area contributed by atoms with E-state index in [4.69, 9.17) is 9.47 Å². The predicted octanol–water partition coefficient (Wildman–Crippen LogP) is 4.76. The van der Waals surface area contributed by atoms with Gasteiger partial charge in [-0.05, 0) is 74.3 Å². The number of nitrogens with zero attached hydrogens (tertiary/aromatic N) is 1. The lowest BCUT2D eigenvalue weighted by Crippen LogP contribution is -2.38. The van der Waals surface area contributed by atoms with Gasteiger partial charge in [-0.2, -0.15) is 0 Å². The number of benzene rings is 2. The number of ether oxygens (including phenoxy) is 2. The molecular formula is C22H27ClFNO3. The fraction of sp³-hybridized carbons (Fsp3) is 0.409. The Morgan fingerprint density at radius 2 is 1.64 bits per heavy atom. The van der Waals surface area contributed by atoms with E-state index in [9.17, 15) is 9.18 Å². The molecule has 0 aromatic heterocycles. The van der Waals surface area contributed by atoms with E-state index in [0.29, 0.717) is 12.0 Å². The van der Waals surface area contributed by atoms with Crippen LogP contribution in [0.3, 0.4) is 0 Å². The summed E-state index contributed by atoms with van der Waals surface area (Å²) in [5, 5.41) is 0. The van der Waals surface area contributed by atoms with Gasteiger partial charge in [0.2, 0.25) is 0 Å². The van der Waals surface area contributed by atoms with Crippen molar-refractivity contribution in [1.29, 1.82) is 0 Å². The topological polar surface area (TPSA) is 38.8 Å².